The molecule has 238 valence electrons. The molecular weight excluding hydrogens is 836 g/mol. The molecule has 6 rings (SSSR count). The number of benzene rings is 4. The van der Waals surface area contributed by atoms with Gasteiger partial charge in [0.15, 0.2) is 4.80 Å². The van der Waals surface area contributed by atoms with E-state index in [4.69, 9.17) is 37.7 Å². The normalized spacial score (nSPS) is 14.4. The van der Waals surface area contributed by atoms with E-state index in [9.17, 15) is 9.59 Å². The van der Waals surface area contributed by atoms with E-state index in [0.29, 0.717) is 59.0 Å². The molecule has 1 aromatic heterocycles. The van der Waals surface area contributed by atoms with Crippen molar-refractivity contribution in [1.29, 1.82) is 0 Å². The molecule has 0 saturated heterocycles. The SMILES string of the molecule is COc1cccc([C@@H]2C(C(=O)Nc3ccccc3)=C(C)N=c3s/c(=C\c4cc(Br)cc(I)c4OCc4ccc(Cl)c(Cl)c4)c(=O)n32)c1. The number of ether oxygens (including phenoxy) is 2. The number of halogens is 4. The summed E-state index contributed by atoms with van der Waals surface area (Å²) in [4.78, 5) is 33.4. The van der Waals surface area contributed by atoms with Gasteiger partial charge < -0.3 is 14.8 Å². The van der Waals surface area contributed by atoms with E-state index in [1.165, 1.54) is 11.3 Å². The van der Waals surface area contributed by atoms with Crippen LogP contribution in [0.15, 0.2) is 110 Å². The summed E-state index contributed by atoms with van der Waals surface area (Å²) in [5.74, 6) is 0.864. The van der Waals surface area contributed by atoms with E-state index in [1.807, 2.05) is 72.8 Å². The smallest absolute Gasteiger partial charge is 0.271 e. The molecular formula is C35H25BrCl2IN3O4S. The molecule has 1 aliphatic rings. The fourth-order valence-corrected chi connectivity index (χ4v) is 8.29. The lowest BCUT2D eigenvalue weighted by molar-refractivity contribution is -0.113. The minimum atomic E-state index is -0.750. The number of nitrogens with zero attached hydrogens (tertiary/aromatic N) is 2. The van der Waals surface area contributed by atoms with Gasteiger partial charge in [-0.3, -0.25) is 14.2 Å². The van der Waals surface area contributed by atoms with Crippen LogP contribution in [0.1, 0.15) is 29.7 Å². The fourth-order valence-electron chi connectivity index (χ4n) is 5.22. The maximum atomic E-state index is 14.3. The van der Waals surface area contributed by atoms with E-state index in [0.717, 1.165) is 13.6 Å². The maximum absolute atomic E-state index is 14.3. The van der Waals surface area contributed by atoms with Crippen molar-refractivity contribution in [3.63, 3.8) is 0 Å². The Bertz CT molecular complexity index is 2240. The monoisotopic (exact) mass is 859 g/mol. The lowest BCUT2D eigenvalue weighted by Crippen LogP contribution is -2.40. The summed E-state index contributed by atoms with van der Waals surface area (Å²) in [5.41, 5.74) is 3.49. The Morgan fingerprint density at radius 3 is 2.60 bits per heavy atom. The van der Waals surface area contributed by atoms with Gasteiger partial charge in [-0.15, -0.1) is 0 Å². The fraction of sp³-hybridized carbons (Fsp3) is 0.114. The van der Waals surface area contributed by atoms with Crippen molar-refractivity contribution in [3.05, 3.63) is 151 Å². The van der Waals surface area contributed by atoms with Crippen LogP contribution in [-0.4, -0.2) is 17.6 Å². The molecule has 0 unspecified atom stereocenters. The predicted octanol–water partition coefficient (Wildman–Crippen LogP) is 8.14. The molecule has 2 heterocycles. The Morgan fingerprint density at radius 1 is 1.06 bits per heavy atom. The maximum Gasteiger partial charge on any atom is 0.271 e. The van der Waals surface area contributed by atoms with Crippen LogP contribution in [0.3, 0.4) is 0 Å². The molecule has 0 fully saturated rings. The summed E-state index contributed by atoms with van der Waals surface area (Å²) in [6.07, 6.45) is 1.80. The van der Waals surface area contributed by atoms with Crippen LogP contribution >= 0.6 is 73.1 Å². The molecule has 7 nitrogen and oxygen atoms in total. The molecule has 0 spiro atoms. The number of para-hydroxylation sites is 1. The van der Waals surface area contributed by atoms with Gasteiger partial charge in [0, 0.05) is 15.7 Å². The highest BCUT2D eigenvalue weighted by Gasteiger charge is 2.33. The molecule has 47 heavy (non-hydrogen) atoms. The van der Waals surface area contributed by atoms with Gasteiger partial charge in [0.2, 0.25) is 0 Å². The van der Waals surface area contributed by atoms with Crippen LogP contribution in [0.2, 0.25) is 10.0 Å². The Hall–Kier alpha value is -3.42. The Morgan fingerprint density at radius 2 is 1.85 bits per heavy atom. The number of carbonyl (C=O) groups excluding carboxylic acids is 1. The number of rotatable bonds is 8. The van der Waals surface area contributed by atoms with Crippen LogP contribution in [-0.2, 0) is 11.4 Å². The third-order valence-electron chi connectivity index (χ3n) is 7.40. The predicted molar refractivity (Wildman–Crippen MR) is 199 cm³/mol. The zero-order valence-electron chi connectivity index (χ0n) is 24.9. The lowest BCUT2D eigenvalue weighted by atomic mass is 9.95. The molecule has 0 aliphatic carbocycles. The number of hydrogen-bond acceptors (Lipinski definition) is 6. The largest absolute Gasteiger partial charge is 0.497 e. The quantitative estimate of drug-likeness (QED) is 0.160. The van der Waals surface area contributed by atoms with Gasteiger partial charge in [-0.05, 0) is 95.2 Å². The summed E-state index contributed by atoms with van der Waals surface area (Å²) >= 11 is 19.4. The van der Waals surface area contributed by atoms with Crippen molar-refractivity contribution < 1.29 is 14.3 Å². The average Bonchev–Trinajstić information content (AvgIpc) is 3.35. The molecule has 0 saturated carbocycles. The van der Waals surface area contributed by atoms with Gasteiger partial charge in [-0.1, -0.05) is 86.9 Å². The number of nitrogens with one attached hydrogen (secondary N) is 1. The number of hydrogen-bond donors (Lipinski definition) is 1. The summed E-state index contributed by atoms with van der Waals surface area (Å²) in [6, 6.07) is 25.0. The molecule has 0 radical (unpaired) electrons. The van der Waals surface area contributed by atoms with Gasteiger partial charge in [0.25, 0.3) is 11.5 Å². The summed E-state index contributed by atoms with van der Waals surface area (Å²) in [7, 11) is 1.58. The number of anilines is 1. The topological polar surface area (TPSA) is 81.9 Å². The number of thiazole rings is 1. The number of amides is 1. The number of aromatic nitrogens is 1. The van der Waals surface area contributed by atoms with Crippen molar-refractivity contribution in [2.24, 2.45) is 4.99 Å². The molecule has 4 aromatic carbocycles. The van der Waals surface area contributed by atoms with Crippen LogP contribution in [0.5, 0.6) is 11.5 Å². The number of fused-ring (bicyclic) bond motifs is 1. The first-order valence-electron chi connectivity index (χ1n) is 14.2. The Balaban J connectivity index is 1.46. The second kappa shape index (κ2) is 14.4. The van der Waals surface area contributed by atoms with Gasteiger partial charge in [0.1, 0.15) is 18.1 Å². The van der Waals surface area contributed by atoms with E-state index < -0.39 is 6.04 Å². The van der Waals surface area contributed by atoms with Crippen molar-refractivity contribution >= 4 is 90.7 Å². The van der Waals surface area contributed by atoms with Crippen molar-refractivity contribution in [2.45, 2.75) is 19.6 Å². The van der Waals surface area contributed by atoms with Gasteiger partial charge in [0.05, 0.1) is 42.6 Å². The zero-order valence-corrected chi connectivity index (χ0v) is 31.0. The van der Waals surface area contributed by atoms with Crippen LogP contribution in [0.4, 0.5) is 5.69 Å². The second-order valence-corrected chi connectivity index (χ2v) is 14.4. The first kappa shape index (κ1) is 33.5. The minimum absolute atomic E-state index is 0.242. The highest BCUT2D eigenvalue weighted by Crippen LogP contribution is 2.34. The number of allylic oxidation sites excluding steroid dienone is 1. The third-order valence-corrected chi connectivity index (χ3v) is 10.4. The molecule has 1 aliphatic heterocycles. The summed E-state index contributed by atoms with van der Waals surface area (Å²) in [5, 5.41) is 3.88. The molecule has 1 N–H and O–H groups in total. The summed E-state index contributed by atoms with van der Waals surface area (Å²) in [6.45, 7) is 2.03. The van der Waals surface area contributed by atoms with Gasteiger partial charge in [-0.2, -0.15) is 0 Å². The molecule has 1 amide bonds. The van der Waals surface area contributed by atoms with Gasteiger partial charge in [-0.25, -0.2) is 4.99 Å². The van der Waals surface area contributed by atoms with Crippen LogP contribution in [0.25, 0.3) is 6.08 Å². The molecule has 0 bridgehead atoms. The van der Waals surface area contributed by atoms with Crippen molar-refractivity contribution in [2.75, 3.05) is 12.4 Å². The summed E-state index contributed by atoms with van der Waals surface area (Å²) < 4.78 is 15.5. The first-order valence-corrected chi connectivity index (χ1v) is 17.7. The average molecular weight is 861 g/mol. The third kappa shape index (κ3) is 7.22. The minimum Gasteiger partial charge on any atom is -0.497 e. The van der Waals surface area contributed by atoms with E-state index in [2.05, 4.69) is 43.8 Å². The van der Waals surface area contributed by atoms with Crippen molar-refractivity contribution in [3.8, 4) is 11.5 Å². The Kier molecular flexibility index (Phi) is 10.2. The van der Waals surface area contributed by atoms with Crippen LogP contribution in [0, 0.1) is 3.57 Å². The van der Waals surface area contributed by atoms with E-state index in [1.54, 1.807) is 36.8 Å². The van der Waals surface area contributed by atoms with E-state index in [-0.39, 0.29) is 18.1 Å². The van der Waals surface area contributed by atoms with Gasteiger partial charge >= 0.3 is 0 Å². The highest BCUT2D eigenvalue weighted by atomic mass is 127. The zero-order chi connectivity index (χ0) is 33.2. The standard InChI is InChI=1S/C35H25BrCl2IN3O4S/c1-19-30(33(43)41-24-8-4-3-5-9-24)31(21-7-6-10-25(15-21)45-2)42-34(44)29(47-35(42)40-19)16-22-14-23(36)17-28(39)32(22)46-18-20-11-12-26(37)27(38)13-20/h3-17,31H,18H2,1-2H3,(H,41,43)/b29-16-/t31-/m1/s1. The first-order chi connectivity index (χ1) is 22.6. The molecule has 12 heteroatoms. The molecule has 1 atom stereocenters. The lowest BCUT2D eigenvalue weighted by Gasteiger charge is -2.25. The number of methoxy groups -OCH3 is 1. The molecule has 5 aromatic rings. The van der Waals surface area contributed by atoms with Crippen LogP contribution < -0.4 is 29.7 Å². The Labute approximate surface area is 306 Å². The van der Waals surface area contributed by atoms with E-state index >= 15 is 0 Å². The highest BCUT2D eigenvalue weighted by molar-refractivity contribution is 14.1. The number of carbonyl (C=O) groups is 1. The van der Waals surface area contributed by atoms with Crippen molar-refractivity contribution in [1.82, 2.24) is 4.57 Å². The second-order valence-electron chi connectivity index (χ2n) is 10.5.